The van der Waals surface area contributed by atoms with Crippen molar-refractivity contribution < 1.29 is 9.00 Å². The summed E-state index contributed by atoms with van der Waals surface area (Å²) in [5, 5.41) is 11.8. The van der Waals surface area contributed by atoms with Gasteiger partial charge < -0.3 is 11.1 Å². The predicted octanol–water partition coefficient (Wildman–Crippen LogP) is 1.39. The van der Waals surface area contributed by atoms with Crippen LogP contribution in [0, 0.1) is 13.8 Å². The number of carbonyl (C=O) groups excluding carboxylic acids is 1. The molecule has 21 heavy (non-hydrogen) atoms. The number of fused-ring (bicyclic) bond motifs is 1. The molecule has 6 nitrogen and oxygen atoms in total. The molecule has 1 amide bonds. The van der Waals surface area contributed by atoms with Gasteiger partial charge in [-0.1, -0.05) is 0 Å². The normalized spacial score (nSPS) is 14.1. The van der Waals surface area contributed by atoms with Crippen LogP contribution in [0.15, 0.2) is 0 Å². The maximum atomic E-state index is 12.3. The van der Waals surface area contributed by atoms with Crippen molar-refractivity contribution in [3.8, 4) is 0 Å². The Kier molecular flexibility index (Phi) is 4.58. The van der Waals surface area contributed by atoms with Crippen molar-refractivity contribution in [2.45, 2.75) is 26.8 Å². The molecule has 2 rings (SSSR count). The Labute approximate surface area is 129 Å². The summed E-state index contributed by atoms with van der Waals surface area (Å²) >= 11 is 1.23. The zero-order valence-corrected chi connectivity index (χ0v) is 14.0. The first-order valence-electron chi connectivity index (χ1n) is 6.44. The Morgan fingerprint density at radius 3 is 2.71 bits per heavy atom. The number of nitrogens with one attached hydrogen (secondary N) is 1. The Hall–Kier alpha value is -1.54. The van der Waals surface area contributed by atoms with Crippen LogP contribution in [0.4, 0.5) is 5.69 Å². The lowest BCUT2D eigenvalue weighted by Gasteiger charge is -2.11. The first-order chi connectivity index (χ1) is 9.81. The van der Waals surface area contributed by atoms with E-state index in [1.54, 1.807) is 6.26 Å². The van der Waals surface area contributed by atoms with Gasteiger partial charge in [-0.25, -0.2) is 0 Å². The number of aryl methyl sites for hydroxylation is 2. The average molecular weight is 326 g/mol. The molecule has 2 aromatic rings. The minimum atomic E-state index is -0.960. The van der Waals surface area contributed by atoms with E-state index in [4.69, 9.17) is 5.73 Å². The van der Waals surface area contributed by atoms with E-state index in [1.807, 2.05) is 20.8 Å². The molecule has 2 aromatic heterocycles. The van der Waals surface area contributed by atoms with Gasteiger partial charge in [0.1, 0.15) is 9.71 Å². The average Bonchev–Trinajstić information content (AvgIpc) is 2.71. The summed E-state index contributed by atoms with van der Waals surface area (Å²) < 4.78 is 11.2. The predicted molar refractivity (Wildman–Crippen MR) is 87.2 cm³/mol. The van der Waals surface area contributed by atoms with Gasteiger partial charge in [-0.05, 0) is 26.3 Å². The largest absolute Gasteiger partial charge is 0.397 e. The van der Waals surface area contributed by atoms with Crippen LogP contribution in [-0.2, 0) is 10.8 Å². The summed E-state index contributed by atoms with van der Waals surface area (Å²) in [4.78, 5) is 13.4. The van der Waals surface area contributed by atoms with Crippen molar-refractivity contribution in [3.63, 3.8) is 0 Å². The monoisotopic (exact) mass is 326 g/mol. The van der Waals surface area contributed by atoms with Crippen molar-refractivity contribution in [1.29, 1.82) is 0 Å². The van der Waals surface area contributed by atoms with Gasteiger partial charge in [0.05, 0.1) is 11.4 Å². The fraction of sp³-hybridized carbons (Fsp3) is 0.462. The van der Waals surface area contributed by atoms with Crippen molar-refractivity contribution in [2.75, 3.05) is 17.7 Å². The number of nitrogens with zero attached hydrogens (tertiary/aromatic N) is 2. The summed E-state index contributed by atoms with van der Waals surface area (Å²) in [5.41, 5.74) is 8.29. The Bertz CT molecular complexity index is 727. The number of hydrogen-bond donors (Lipinski definition) is 2. The van der Waals surface area contributed by atoms with Crippen molar-refractivity contribution in [2.24, 2.45) is 0 Å². The highest BCUT2D eigenvalue weighted by Gasteiger charge is 2.21. The number of hydrogen-bond acceptors (Lipinski definition) is 6. The molecule has 2 unspecified atom stereocenters. The van der Waals surface area contributed by atoms with E-state index in [0.29, 0.717) is 21.1 Å². The third-order valence-electron chi connectivity index (χ3n) is 3.20. The highest BCUT2D eigenvalue weighted by Crippen LogP contribution is 2.34. The molecule has 8 heteroatoms. The van der Waals surface area contributed by atoms with Crippen LogP contribution in [0.3, 0.4) is 0 Å². The van der Waals surface area contributed by atoms with E-state index < -0.39 is 10.8 Å². The number of rotatable bonds is 4. The molecule has 114 valence electrons. The molecule has 0 radical (unpaired) electrons. The number of amides is 1. The fourth-order valence-corrected chi connectivity index (χ4v) is 3.88. The number of thiophene rings is 1. The third-order valence-corrected chi connectivity index (χ3v) is 5.26. The van der Waals surface area contributed by atoms with Gasteiger partial charge in [0.15, 0.2) is 0 Å². The molecule has 0 aromatic carbocycles. The van der Waals surface area contributed by atoms with E-state index >= 15 is 0 Å². The van der Waals surface area contributed by atoms with Gasteiger partial charge in [-0.2, -0.15) is 5.10 Å². The van der Waals surface area contributed by atoms with E-state index in [1.165, 1.54) is 11.3 Å². The number of nitrogens with two attached hydrogens (primary N) is 1. The van der Waals surface area contributed by atoms with Crippen molar-refractivity contribution in [1.82, 2.24) is 15.5 Å². The lowest BCUT2D eigenvalue weighted by molar-refractivity contribution is 0.0948. The molecular weight excluding hydrogens is 308 g/mol. The second kappa shape index (κ2) is 6.07. The molecule has 2 heterocycles. The van der Waals surface area contributed by atoms with Crippen LogP contribution < -0.4 is 11.1 Å². The standard InChI is InChI=1S/C13H18N4O2S2/c1-6(5-21(4)19)15-12(18)11-10(14)9-7(2)8(3)16-17-13(9)20-11/h6H,5,14H2,1-4H3,(H,15,18). The topological polar surface area (TPSA) is 98.0 Å². The van der Waals surface area contributed by atoms with E-state index in [2.05, 4.69) is 15.5 Å². The molecule has 0 aliphatic carbocycles. The molecule has 0 saturated heterocycles. The molecular formula is C13H18N4O2S2. The molecule has 0 spiro atoms. The van der Waals surface area contributed by atoms with Gasteiger partial charge in [-0.3, -0.25) is 9.00 Å². The summed E-state index contributed by atoms with van der Waals surface area (Å²) in [6.07, 6.45) is 1.61. The zero-order valence-electron chi connectivity index (χ0n) is 12.4. The molecule has 0 bridgehead atoms. The molecule has 0 aliphatic heterocycles. The summed E-state index contributed by atoms with van der Waals surface area (Å²) in [5.74, 6) is 0.152. The maximum Gasteiger partial charge on any atom is 0.263 e. The van der Waals surface area contributed by atoms with Crippen LogP contribution in [0.1, 0.15) is 27.9 Å². The Morgan fingerprint density at radius 1 is 1.43 bits per heavy atom. The number of carbonyl (C=O) groups is 1. The van der Waals surface area contributed by atoms with Gasteiger partial charge in [-0.15, -0.1) is 16.4 Å². The Morgan fingerprint density at radius 2 is 2.10 bits per heavy atom. The van der Waals surface area contributed by atoms with E-state index in [9.17, 15) is 9.00 Å². The van der Waals surface area contributed by atoms with E-state index in [-0.39, 0.29) is 11.9 Å². The lowest BCUT2D eigenvalue weighted by Crippen LogP contribution is -2.36. The van der Waals surface area contributed by atoms with Gasteiger partial charge >= 0.3 is 0 Å². The number of anilines is 1. The second-order valence-electron chi connectivity index (χ2n) is 5.05. The fourth-order valence-electron chi connectivity index (χ4n) is 2.09. The van der Waals surface area contributed by atoms with Crippen LogP contribution in [-0.4, -0.2) is 38.4 Å². The van der Waals surface area contributed by atoms with Crippen molar-refractivity contribution in [3.05, 3.63) is 16.1 Å². The van der Waals surface area contributed by atoms with Crippen LogP contribution >= 0.6 is 11.3 Å². The molecule has 2 atom stereocenters. The third kappa shape index (κ3) is 3.21. The van der Waals surface area contributed by atoms with Gasteiger partial charge in [0.25, 0.3) is 5.91 Å². The van der Waals surface area contributed by atoms with Crippen molar-refractivity contribution >= 4 is 43.9 Å². The number of aromatic nitrogens is 2. The minimum Gasteiger partial charge on any atom is -0.397 e. The quantitative estimate of drug-likeness (QED) is 0.884. The first-order valence-corrected chi connectivity index (χ1v) is 8.98. The second-order valence-corrected chi connectivity index (χ2v) is 7.53. The first kappa shape index (κ1) is 15.8. The highest BCUT2D eigenvalue weighted by atomic mass is 32.2. The summed E-state index contributed by atoms with van der Waals surface area (Å²) in [6, 6.07) is -0.179. The van der Waals surface area contributed by atoms with Gasteiger partial charge in [0, 0.05) is 34.2 Å². The molecule has 3 N–H and O–H groups in total. The molecule has 0 fully saturated rings. The van der Waals surface area contributed by atoms with Crippen LogP contribution in [0.2, 0.25) is 0 Å². The zero-order chi connectivity index (χ0) is 15.7. The molecule has 0 saturated carbocycles. The Balaban J connectivity index is 2.34. The van der Waals surface area contributed by atoms with Crippen LogP contribution in [0.5, 0.6) is 0 Å². The van der Waals surface area contributed by atoms with Crippen LogP contribution in [0.25, 0.3) is 10.2 Å². The lowest BCUT2D eigenvalue weighted by atomic mass is 10.1. The molecule has 0 aliphatic rings. The maximum absolute atomic E-state index is 12.3. The highest BCUT2D eigenvalue weighted by molar-refractivity contribution is 7.84. The summed E-state index contributed by atoms with van der Waals surface area (Å²) in [6.45, 7) is 5.59. The smallest absolute Gasteiger partial charge is 0.263 e. The SMILES string of the molecule is Cc1nnc2sc(C(=O)NC(C)CS(C)=O)c(N)c2c1C. The van der Waals surface area contributed by atoms with E-state index in [0.717, 1.165) is 16.6 Å². The summed E-state index contributed by atoms with van der Waals surface area (Å²) in [7, 11) is -0.960. The minimum absolute atomic E-state index is 0.179. The van der Waals surface area contributed by atoms with Gasteiger partial charge in [0.2, 0.25) is 0 Å². The number of nitrogen functional groups attached to an aromatic ring is 1.